The van der Waals surface area contributed by atoms with Crippen LogP contribution in [0, 0.1) is 11.3 Å². The lowest BCUT2D eigenvalue weighted by Crippen LogP contribution is -2.32. The van der Waals surface area contributed by atoms with Crippen LogP contribution in [0.4, 0.5) is 5.69 Å². The number of nitriles is 1. The summed E-state index contributed by atoms with van der Waals surface area (Å²) in [6.07, 6.45) is 1.23. The first-order chi connectivity index (χ1) is 9.99. The van der Waals surface area contributed by atoms with Crippen molar-refractivity contribution in [2.24, 2.45) is 0 Å². The molecule has 1 aromatic carbocycles. The van der Waals surface area contributed by atoms with E-state index in [0.717, 1.165) is 10.6 Å². The van der Waals surface area contributed by atoms with Crippen LogP contribution in [-0.2, 0) is 11.3 Å². The minimum Gasteiger partial charge on any atom is -0.324 e. The lowest BCUT2D eigenvalue weighted by Gasteiger charge is -2.07. The van der Waals surface area contributed by atoms with E-state index in [1.54, 1.807) is 0 Å². The number of carbonyl (C=O) groups is 1. The van der Waals surface area contributed by atoms with Gasteiger partial charge in [0.15, 0.2) is 0 Å². The lowest BCUT2D eigenvalue weighted by atomic mass is 10.2. The molecule has 8 heteroatoms. The molecule has 0 fully saturated rings. The van der Waals surface area contributed by atoms with Crippen molar-refractivity contribution in [3.8, 4) is 6.07 Å². The normalized spacial score (nSPS) is 9.90. The van der Waals surface area contributed by atoms with Crippen molar-refractivity contribution < 1.29 is 4.79 Å². The molecule has 0 unspecified atom stereocenters. The second-order valence-electron chi connectivity index (χ2n) is 4.09. The van der Waals surface area contributed by atoms with E-state index < -0.39 is 17.2 Å². The molecule has 0 saturated carbocycles. The average molecular weight is 305 g/mol. The molecule has 1 amide bonds. The number of aromatic amines is 1. The van der Waals surface area contributed by atoms with Gasteiger partial charge in [-0.05, 0) is 18.2 Å². The van der Waals surface area contributed by atoms with Crippen LogP contribution >= 0.6 is 11.6 Å². The van der Waals surface area contributed by atoms with Gasteiger partial charge in [-0.25, -0.2) is 4.79 Å². The highest BCUT2D eigenvalue weighted by Crippen LogP contribution is 2.20. The fourth-order valence-corrected chi connectivity index (χ4v) is 1.83. The third-order valence-corrected chi connectivity index (χ3v) is 2.90. The number of hydrogen-bond donors (Lipinski definition) is 2. The number of H-pyrrole nitrogens is 1. The van der Waals surface area contributed by atoms with Gasteiger partial charge >= 0.3 is 5.69 Å². The molecule has 21 heavy (non-hydrogen) atoms. The van der Waals surface area contributed by atoms with E-state index >= 15 is 0 Å². The van der Waals surface area contributed by atoms with Gasteiger partial charge in [-0.3, -0.25) is 19.1 Å². The minimum atomic E-state index is -0.671. The van der Waals surface area contributed by atoms with Gasteiger partial charge in [-0.15, -0.1) is 0 Å². The highest BCUT2D eigenvalue weighted by molar-refractivity contribution is 6.32. The Balaban J connectivity index is 2.12. The fraction of sp³-hybridized carbons (Fsp3) is 0.0769. The van der Waals surface area contributed by atoms with Gasteiger partial charge in [0, 0.05) is 18.0 Å². The van der Waals surface area contributed by atoms with Gasteiger partial charge in [-0.2, -0.15) is 5.26 Å². The zero-order valence-electron chi connectivity index (χ0n) is 10.6. The van der Waals surface area contributed by atoms with E-state index in [1.807, 2.05) is 11.1 Å². The van der Waals surface area contributed by atoms with Gasteiger partial charge in [0.2, 0.25) is 5.91 Å². The lowest BCUT2D eigenvalue weighted by molar-refractivity contribution is -0.116. The molecule has 1 heterocycles. The first kappa shape index (κ1) is 14.6. The molecule has 1 aromatic heterocycles. The summed E-state index contributed by atoms with van der Waals surface area (Å²) in [5.74, 6) is -0.468. The highest BCUT2D eigenvalue weighted by atomic mass is 35.5. The molecule has 0 aliphatic rings. The highest BCUT2D eigenvalue weighted by Gasteiger charge is 2.07. The zero-order valence-corrected chi connectivity index (χ0v) is 11.3. The van der Waals surface area contributed by atoms with Crippen LogP contribution in [0.2, 0.25) is 5.02 Å². The van der Waals surface area contributed by atoms with Crippen molar-refractivity contribution in [1.82, 2.24) is 9.55 Å². The zero-order chi connectivity index (χ0) is 15.4. The third-order valence-electron chi connectivity index (χ3n) is 2.58. The Morgan fingerprint density at radius 1 is 1.38 bits per heavy atom. The van der Waals surface area contributed by atoms with Crippen LogP contribution in [-0.4, -0.2) is 15.5 Å². The molecule has 106 valence electrons. The molecule has 0 bridgehead atoms. The Kier molecular flexibility index (Phi) is 4.21. The molecule has 0 spiro atoms. The molecule has 0 aliphatic carbocycles. The van der Waals surface area contributed by atoms with Crippen LogP contribution in [0.1, 0.15) is 5.56 Å². The van der Waals surface area contributed by atoms with E-state index in [4.69, 9.17) is 16.9 Å². The van der Waals surface area contributed by atoms with Crippen molar-refractivity contribution in [3.63, 3.8) is 0 Å². The van der Waals surface area contributed by atoms with E-state index in [2.05, 4.69) is 5.32 Å². The Morgan fingerprint density at radius 3 is 2.76 bits per heavy atom. The van der Waals surface area contributed by atoms with Crippen LogP contribution < -0.4 is 16.6 Å². The van der Waals surface area contributed by atoms with E-state index in [9.17, 15) is 14.4 Å². The summed E-state index contributed by atoms with van der Waals surface area (Å²) in [7, 11) is 0. The van der Waals surface area contributed by atoms with Gasteiger partial charge in [-0.1, -0.05) is 11.6 Å². The van der Waals surface area contributed by atoms with Gasteiger partial charge < -0.3 is 5.32 Å². The number of anilines is 1. The van der Waals surface area contributed by atoms with E-state index in [0.29, 0.717) is 11.3 Å². The largest absolute Gasteiger partial charge is 0.328 e. The van der Waals surface area contributed by atoms with Crippen LogP contribution in [0.15, 0.2) is 40.1 Å². The molecule has 0 aliphatic heterocycles. The molecule has 2 rings (SSSR count). The molecule has 0 radical (unpaired) electrons. The predicted octanol–water partition coefficient (Wildman–Crippen LogP) is 0.700. The fourth-order valence-electron chi connectivity index (χ4n) is 1.61. The number of carbonyl (C=O) groups excluding carboxylic acids is 1. The SMILES string of the molecule is N#Cc1ccc(NC(=O)Cn2ccc(=O)[nH]c2=O)cc1Cl. The number of nitrogens with zero attached hydrogens (tertiary/aromatic N) is 2. The number of nitrogens with one attached hydrogen (secondary N) is 2. The summed E-state index contributed by atoms with van der Waals surface area (Å²) in [6.45, 7) is -0.257. The smallest absolute Gasteiger partial charge is 0.324 e. The second kappa shape index (κ2) is 6.07. The standard InChI is InChI=1S/C13H9ClN4O3/c14-10-5-9(2-1-8(10)6-15)16-12(20)7-18-4-3-11(19)17-13(18)21/h1-5H,7H2,(H,16,20)(H,17,19,21). The summed E-state index contributed by atoms with van der Waals surface area (Å²) >= 11 is 5.85. The minimum absolute atomic E-state index is 0.219. The number of benzene rings is 1. The maximum atomic E-state index is 11.8. The summed E-state index contributed by atoms with van der Waals surface area (Å²) < 4.78 is 1.06. The summed E-state index contributed by atoms with van der Waals surface area (Å²) in [5, 5.41) is 11.5. The summed E-state index contributed by atoms with van der Waals surface area (Å²) in [4.78, 5) is 36.2. The third kappa shape index (κ3) is 3.58. The first-order valence-electron chi connectivity index (χ1n) is 5.79. The van der Waals surface area contributed by atoms with Crippen molar-refractivity contribution in [2.75, 3.05) is 5.32 Å². The molecular formula is C13H9ClN4O3. The monoisotopic (exact) mass is 304 g/mol. The van der Waals surface area contributed by atoms with Crippen molar-refractivity contribution in [2.45, 2.75) is 6.54 Å². The first-order valence-corrected chi connectivity index (χ1v) is 6.16. The van der Waals surface area contributed by atoms with Crippen LogP contribution in [0.3, 0.4) is 0 Å². The maximum Gasteiger partial charge on any atom is 0.328 e. The number of halogens is 1. The molecule has 0 saturated heterocycles. The Morgan fingerprint density at radius 2 is 2.14 bits per heavy atom. The summed E-state index contributed by atoms with van der Waals surface area (Å²) in [5.41, 5.74) is -0.501. The average Bonchev–Trinajstić information content (AvgIpc) is 2.42. The van der Waals surface area contributed by atoms with Crippen LogP contribution in [0.25, 0.3) is 0 Å². The Labute approximate surface area is 123 Å². The topological polar surface area (TPSA) is 108 Å². The van der Waals surface area contributed by atoms with Crippen molar-refractivity contribution in [3.05, 3.63) is 61.9 Å². The Hall–Kier alpha value is -2.85. The second-order valence-corrected chi connectivity index (χ2v) is 4.50. The van der Waals surface area contributed by atoms with Crippen LogP contribution in [0.5, 0.6) is 0 Å². The molecule has 7 nitrogen and oxygen atoms in total. The van der Waals surface area contributed by atoms with Gasteiger partial charge in [0.05, 0.1) is 10.6 Å². The van der Waals surface area contributed by atoms with E-state index in [1.165, 1.54) is 24.4 Å². The molecular weight excluding hydrogens is 296 g/mol. The quantitative estimate of drug-likeness (QED) is 0.870. The van der Waals surface area contributed by atoms with Crippen molar-refractivity contribution in [1.29, 1.82) is 5.26 Å². The van der Waals surface area contributed by atoms with E-state index in [-0.39, 0.29) is 11.6 Å². The summed E-state index contributed by atoms with van der Waals surface area (Å²) in [6, 6.07) is 7.49. The van der Waals surface area contributed by atoms with Gasteiger partial charge in [0.25, 0.3) is 5.56 Å². The number of hydrogen-bond acceptors (Lipinski definition) is 4. The maximum absolute atomic E-state index is 11.8. The number of amides is 1. The number of aromatic nitrogens is 2. The molecule has 0 atom stereocenters. The Bertz CT molecular complexity index is 847. The van der Waals surface area contributed by atoms with Gasteiger partial charge in [0.1, 0.15) is 12.6 Å². The predicted molar refractivity (Wildman–Crippen MR) is 76.1 cm³/mol. The van der Waals surface area contributed by atoms with Crippen molar-refractivity contribution >= 4 is 23.2 Å². The number of rotatable bonds is 3. The molecule has 2 N–H and O–H groups in total. The molecule has 2 aromatic rings.